The topological polar surface area (TPSA) is 17.1 Å². The first-order valence-electron chi connectivity index (χ1n) is 4.12. The van der Waals surface area contributed by atoms with Crippen molar-refractivity contribution in [3.8, 4) is 0 Å². The van der Waals surface area contributed by atoms with Crippen LogP contribution in [0, 0.1) is 5.92 Å². The van der Waals surface area contributed by atoms with Gasteiger partial charge < -0.3 is 0 Å². The molecule has 1 aliphatic carbocycles. The fraction of sp³-hybridized carbons (Fsp3) is 1.00. The molecule has 0 bridgehead atoms. The molecule has 66 valence electrons. The van der Waals surface area contributed by atoms with Crippen LogP contribution in [-0.2, 0) is 10.8 Å². The first-order chi connectivity index (χ1) is 5.18. The highest BCUT2D eigenvalue weighted by atomic mass is 79.9. The zero-order chi connectivity index (χ0) is 8.27. The second-order valence-corrected chi connectivity index (χ2v) is 6.19. The molecule has 0 aliphatic heterocycles. The zero-order valence-electron chi connectivity index (χ0n) is 6.88. The van der Waals surface area contributed by atoms with Crippen LogP contribution in [0.3, 0.4) is 0 Å². The van der Waals surface area contributed by atoms with E-state index in [9.17, 15) is 4.21 Å². The van der Waals surface area contributed by atoms with E-state index in [-0.39, 0.29) is 0 Å². The highest BCUT2D eigenvalue weighted by molar-refractivity contribution is 9.09. The Bertz CT molecular complexity index is 149. The Morgan fingerprint density at radius 3 is 2.73 bits per heavy atom. The Kier molecular flexibility index (Phi) is 4.07. The monoisotopic (exact) mass is 238 g/mol. The summed E-state index contributed by atoms with van der Waals surface area (Å²) in [6, 6.07) is 0. The average Bonchev–Trinajstić information content (AvgIpc) is 2.31. The van der Waals surface area contributed by atoms with E-state index in [4.69, 9.17) is 0 Å². The maximum atomic E-state index is 10.8. The van der Waals surface area contributed by atoms with E-state index in [2.05, 4.69) is 15.9 Å². The van der Waals surface area contributed by atoms with Gasteiger partial charge in [0.25, 0.3) is 0 Å². The molecule has 0 N–H and O–H groups in total. The summed E-state index contributed by atoms with van der Waals surface area (Å²) in [6.07, 6.45) is 6.87. The standard InChI is InChI=1S/C8H15BrOS/c1-11(10)5-4-7-2-3-8(9)6-7/h7-8H,2-6H2,1H3. The summed E-state index contributed by atoms with van der Waals surface area (Å²) in [5, 5.41) is 0. The van der Waals surface area contributed by atoms with E-state index < -0.39 is 10.8 Å². The molecule has 1 saturated carbocycles. The van der Waals surface area contributed by atoms with E-state index in [1.54, 1.807) is 6.26 Å². The minimum Gasteiger partial charge on any atom is -0.260 e. The lowest BCUT2D eigenvalue weighted by Crippen LogP contribution is -2.02. The Balaban J connectivity index is 2.13. The van der Waals surface area contributed by atoms with Crippen molar-refractivity contribution in [1.82, 2.24) is 0 Å². The SMILES string of the molecule is CS(=O)CCC1CCC(Br)C1. The summed E-state index contributed by atoms with van der Waals surface area (Å²) in [4.78, 5) is 0.734. The molecular weight excluding hydrogens is 224 g/mol. The number of rotatable bonds is 3. The molecule has 0 radical (unpaired) electrons. The van der Waals surface area contributed by atoms with Crippen LogP contribution in [0.25, 0.3) is 0 Å². The van der Waals surface area contributed by atoms with Crippen LogP contribution in [0.2, 0.25) is 0 Å². The van der Waals surface area contributed by atoms with Crippen molar-refractivity contribution in [2.75, 3.05) is 12.0 Å². The van der Waals surface area contributed by atoms with Crippen molar-refractivity contribution < 1.29 is 4.21 Å². The predicted octanol–water partition coefficient (Wildman–Crippen LogP) is 2.32. The van der Waals surface area contributed by atoms with Crippen molar-refractivity contribution in [2.45, 2.75) is 30.5 Å². The van der Waals surface area contributed by atoms with Gasteiger partial charge >= 0.3 is 0 Å². The molecule has 3 unspecified atom stereocenters. The second-order valence-electron chi connectivity index (χ2n) is 3.34. The maximum Gasteiger partial charge on any atom is 0.0234 e. The van der Waals surface area contributed by atoms with Gasteiger partial charge in [0.05, 0.1) is 0 Å². The van der Waals surface area contributed by atoms with Crippen LogP contribution >= 0.6 is 15.9 Å². The van der Waals surface area contributed by atoms with E-state index in [0.29, 0.717) is 0 Å². The van der Waals surface area contributed by atoms with Crippen molar-refractivity contribution in [3.63, 3.8) is 0 Å². The van der Waals surface area contributed by atoms with Gasteiger partial charge in [-0.15, -0.1) is 0 Å². The molecule has 0 spiro atoms. The van der Waals surface area contributed by atoms with Crippen LogP contribution in [0.1, 0.15) is 25.7 Å². The molecule has 0 aromatic rings. The average molecular weight is 239 g/mol. The summed E-state index contributed by atoms with van der Waals surface area (Å²) in [5.41, 5.74) is 0. The molecule has 0 aromatic heterocycles. The first kappa shape index (κ1) is 9.72. The summed E-state index contributed by atoms with van der Waals surface area (Å²) >= 11 is 3.61. The number of alkyl halides is 1. The molecule has 1 aliphatic rings. The highest BCUT2D eigenvalue weighted by Crippen LogP contribution is 2.32. The molecule has 0 amide bonds. The van der Waals surface area contributed by atoms with Gasteiger partial charge in [-0.1, -0.05) is 15.9 Å². The minimum atomic E-state index is -0.588. The molecule has 0 saturated heterocycles. The van der Waals surface area contributed by atoms with Gasteiger partial charge in [-0.2, -0.15) is 0 Å². The molecule has 1 fully saturated rings. The van der Waals surface area contributed by atoms with Gasteiger partial charge in [-0.05, 0) is 31.6 Å². The third-order valence-corrected chi connectivity index (χ3v) is 3.93. The van der Waals surface area contributed by atoms with Crippen LogP contribution in [-0.4, -0.2) is 21.0 Å². The molecule has 0 heterocycles. The Labute approximate surface area is 79.5 Å². The fourth-order valence-electron chi connectivity index (χ4n) is 1.61. The molecule has 11 heavy (non-hydrogen) atoms. The summed E-state index contributed by atoms with van der Waals surface area (Å²) in [6.45, 7) is 0. The first-order valence-corrected chi connectivity index (χ1v) is 6.77. The van der Waals surface area contributed by atoms with Crippen molar-refractivity contribution in [1.29, 1.82) is 0 Å². The van der Waals surface area contributed by atoms with Crippen molar-refractivity contribution in [2.24, 2.45) is 5.92 Å². The molecule has 3 atom stereocenters. The quantitative estimate of drug-likeness (QED) is 0.691. The minimum absolute atomic E-state index is 0.588. The molecule has 1 nitrogen and oxygen atoms in total. The Morgan fingerprint density at radius 1 is 1.55 bits per heavy atom. The number of hydrogen-bond donors (Lipinski definition) is 0. The lowest BCUT2D eigenvalue weighted by Gasteiger charge is -2.06. The van der Waals surface area contributed by atoms with E-state index in [1.807, 2.05) is 0 Å². The zero-order valence-corrected chi connectivity index (χ0v) is 9.29. The van der Waals surface area contributed by atoms with E-state index in [0.717, 1.165) is 22.9 Å². The van der Waals surface area contributed by atoms with Gasteiger partial charge in [-0.3, -0.25) is 4.21 Å². The molecular formula is C8H15BrOS. The highest BCUT2D eigenvalue weighted by Gasteiger charge is 2.21. The van der Waals surface area contributed by atoms with Crippen LogP contribution in [0.5, 0.6) is 0 Å². The predicted molar refractivity (Wildman–Crippen MR) is 53.6 cm³/mol. The molecule has 0 aromatic carbocycles. The summed E-state index contributed by atoms with van der Waals surface area (Å²) in [7, 11) is -0.588. The van der Waals surface area contributed by atoms with Gasteiger partial charge in [0.1, 0.15) is 0 Å². The van der Waals surface area contributed by atoms with Crippen molar-refractivity contribution >= 4 is 26.7 Å². The largest absolute Gasteiger partial charge is 0.260 e. The molecule has 3 heteroatoms. The third kappa shape index (κ3) is 3.70. The third-order valence-electron chi connectivity index (χ3n) is 2.29. The Morgan fingerprint density at radius 2 is 2.27 bits per heavy atom. The maximum absolute atomic E-state index is 10.8. The summed E-state index contributed by atoms with van der Waals surface area (Å²) < 4.78 is 10.8. The number of hydrogen-bond acceptors (Lipinski definition) is 1. The lowest BCUT2D eigenvalue weighted by atomic mass is 10.1. The fourth-order valence-corrected chi connectivity index (χ4v) is 3.07. The van der Waals surface area contributed by atoms with Gasteiger partial charge in [-0.25, -0.2) is 0 Å². The van der Waals surface area contributed by atoms with E-state index in [1.165, 1.54) is 19.3 Å². The van der Waals surface area contributed by atoms with Crippen LogP contribution in [0.4, 0.5) is 0 Å². The Hall–Kier alpha value is 0.630. The lowest BCUT2D eigenvalue weighted by molar-refractivity contribution is 0.533. The van der Waals surface area contributed by atoms with E-state index >= 15 is 0 Å². The van der Waals surface area contributed by atoms with Gasteiger partial charge in [0.15, 0.2) is 0 Å². The van der Waals surface area contributed by atoms with Crippen molar-refractivity contribution in [3.05, 3.63) is 0 Å². The van der Waals surface area contributed by atoms with Gasteiger partial charge in [0.2, 0.25) is 0 Å². The smallest absolute Gasteiger partial charge is 0.0234 e. The summed E-state index contributed by atoms with van der Waals surface area (Å²) in [5.74, 6) is 1.73. The number of halogens is 1. The normalized spacial score (nSPS) is 34.0. The van der Waals surface area contributed by atoms with Gasteiger partial charge in [0, 0.05) is 27.6 Å². The van der Waals surface area contributed by atoms with Crippen LogP contribution < -0.4 is 0 Å². The second kappa shape index (κ2) is 4.61. The molecule has 1 rings (SSSR count). The van der Waals surface area contributed by atoms with Crippen LogP contribution in [0.15, 0.2) is 0 Å².